The minimum absolute atomic E-state index is 0.0833. The van der Waals surface area contributed by atoms with E-state index in [2.05, 4.69) is 19.6 Å². The molecule has 0 spiro atoms. The van der Waals surface area contributed by atoms with Crippen LogP contribution >= 0.6 is 12.6 Å². The highest BCUT2D eigenvalue weighted by Crippen LogP contribution is 1.77. The Morgan fingerprint density at radius 1 is 1.70 bits per heavy atom. The van der Waals surface area contributed by atoms with Crippen molar-refractivity contribution in [1.82, 2.24) is 0 Å². The largest absolute Gasteiger partial charge is 0.481 e. The molecule has 10 heavy (non-hydrogen) atoms. The van der Waals surface area contributed by atoms with Gasteiger partial charge in [-0.05, 0) is 13.0 Å². The van der Waals surface area contributed by atoms with E-state index in [4.69, 9.17) is 10.8 Å². The Bertz CT molecular complexity index is 76.1. The van der Waals surface area contributed by atoms with Crippen LogP contribution < -0.4 is 5.73 Å². The number of aliphatic carboxylic acids is 1. The lowest BCUT2D eigenvalue weighted by Gasteiger charge is -1.80. The number of thiol groups is 1. The Balaban J connectivity index is 0. The van der Waals surface area contributed by atoms with Crippen LogP contribution in [0.15, 0.2) is 0 Å². The monoisotopic (exact) mass is 165 g/mol. The topological polar surface area (TPSA) is 63.3 Å². The molecule has 0 heterocycles. The molecule has 0 atom stereocenters. The molecule has 3 nitrogen and oxygen atoms in total. The van der Waals surface area contributed by atoms with Crippen molar-refractivity contribution in [2.45, 2.75) is 19.8 Å². The zero-order chi connectivity index (χ0) is 8.41. The summed E-state index contributed by atoms with van der Waals surface area (Å²) in [6.45, 7) is 2.98. The first-order valence-corrected chi connectivity index (χ1v) is 3.85. The molecule has 4 heteroatoms. The van der Waals surface area contributed by atoms with Crippen molar-refractivity contribution in [3.05, 3.63) is 0 Å². The second-order valence-corrected chi connectivity index (χ2v) is 2.01. The number of carbonyl (C=O) groups is 1. The molecule has 0 amide bonds. The third-order valence-corrected chi connectivity index (χ3v) is 0.963. The highest BCUT2D eigenvalue weighted by atomic mass is 32.1. The number of rotatable bonds is 3. The van der Waals surface area contributed by atoms with Crippen LogP contribution in [0.1, 0.15) is 19.8 Å². The van der Waals surface area contributed by atoms with Gasteiger partial charge in [-0.3, -0.25) is 4.79 Å². The van der Waals surface area contributed by atoms with Crippen LogP contribution in [0.5, 0.6) is 0 Å². The molecule has 0 aliphatic carbocycles. The minimum atomic E-state index is -0.881. The summed E-state index contributed by atoms with van der Waals surface area (Å²) in [4.78, 5) is 9.29. The number of carboxylic acids is 1. The fourth-order valence-corrected chi connectivity index (χ4v) is 0.204. The van der Waals surface area contributed by atoms with Gasteiger partial charge < -0.3 is 10.8 Å². The Kier molecular flexibility index (Phi) is 14.4. The maximum atomic E-state index is 9.29. The first-order chi connectivity index (χ1) is 4.68. The zero-order valence-corrected chi connectivity index (χ0v) is 7.10. The molecule has 0 unspecified atom stereocenters. The second-order valence-electron chi connectivity index (χ2n) is 1.69. The van der Waals surface area contributed by atoms with Gasteiger partial charge in [-0.1, -0.05) is 13.3 Å². The van der Waals surface area contributed by atoms with Gasteiger partial charge in [-0.25, -0.2) is 0 Å². The van der Waals surface area contributed by atoms with Gasteiger partial charge in [0.25, 0.3) is 0 Å². The summed E-state index contributed by atoms with van der Waals surface area (Å²) < 4.78 is 0. The van der Waals surface area contributed by atoms with Crippen molar-refractivity contribution in [1.29, 1.82) is 0 Å². The summed E-state index contributed by atoms with van der Waals surface area (Å²) in [6.07, 6.45) is 2.39. The predicted octanol–water partition coefficient (Wildman–Crippen LogP) is 0.746. The fourth-order valence-electron chi connectivity index (χ4n) is 0.204. The summed E-state index contributed by atoms with van der Waals surface area (Å²) >= 11 is 3.42. The molecular formula is C6H15NO2S. The van der Waals surface area contributed by atoms with Crippen molar-refractivity contribution in [3.63, 3.8) is 0 Å². The van der Waals surface area contributed by atoms with Crippen molar-refractivity contribution in [3.8, 4) is 0 Å². The molecule has 0 saturated heterocycles. The Morgan fingerprint density at radius 2 is 2.10 bits per heavy atom. The van der Waals surface area contributed by atoms with E-state index in [0.717, 1.165) is 6.54 Å². The van der Waals surface area contributed by atoms with Gasteiger partial charge in [0.05, 0.1) is 5.75 Å². The molecule has 0 rings (SSSR count). The summed E-state index contributed by atoms with van der Waals surface area (Å²) in [6, 6.07) is 0. The first-order valence-electron chi connectivity index (χ1n) is 3.21. The average Bonchev–Trinajstić information content (AvgIpc) is 1.91. The minimum Gasteiger partial charge on any atom is -0.481 e. The summed E-state index contributed by atoms with van der Waals surface area (Å²) in [5.41, 5.74) is 5.14. The summed E-state index contributed by atoms with van der Waals surface area (Å²) in [7, 11) is 0. The Morgan fingerprint density at radius 3 is 2.10 bits per heavy atom. The number of hydrogen-bond acceptors (Lipinski definition) is 3. The van der Waals surface area contributed by atoms with E-state index in [1.807, 2.05) is 0 Å². The third-order valence-electron chi connectivity index (χ3n) is 0.693. The smallest absolute Gasteiger partial charge is 0.313 e. The summed E-state index contributed by atoms with van der Waals surface area (Å²) in [5.74, 6) is -0.965. The third kappa shape index (κ3) is 25.0. The average molecular weight is 165 g/mol. The molecule has 0 aromatic heterocycles. The number of carboxylic acid groups (broad SMARTS) is 1. The van der Waals surface area contributed by atoms with Crippen LogP contribution in [0, 0.1) is 0 Å². The van der Waals surface area contributed by atoms with Gasteiger partial charge in [-0.2, -0.15) is 12.6 Å². The molecular weight excluding hydrogens is 150 g/mol. The van der Waals surface area contributed by atoms with Gasteiger partial charge in [0.1, 0.15) is 0 Å². The van der Waals surface area contributed by atoms with Crippen LogP contribution in [0.25, 0.3) is 0 Å². The fraction of sp³-hybridized carbons (Fsp3) is 0.833. The van der Waals surface area contributed by atoms with E-state index in [0.29, 0.717) is 0 Å². The van der Waals surface area contributed by atoms with E-state index in [-0.39, 0.29) is 5.75 Å². The Labute approximate surface area is 67.0 Å². The lowest BCUT2D eigenvalue weighted by molar-refractivity contribution is -0.133. The molecule has 62 valence electrons. The Hall–Kier alpha value is -0.220. The van der Waals surface area contributed by atoms with Crippen molar-refractivity contribution < 1.29 is 9.90 Å². The maximum Gasteiger partial charge on any atom is 0.313 e. The molecule has 0 aliphatic rings. The lowest BCUT2D eigenvalue weighted by atomic mass is 10.3. The standard InChI is InChI=1S/C4H11N.C2H4O2S/c1-2-3-4-5;3-2(4)1-5/h2-5H2,1H3;5H,1H2,(H,3,4). The van der Waals surface area contributed by atoms with E-state index < -0.39 is 5.97 Å². The summed E-state index contributed by atoms with van der Waals surface area (Å²) in [5, 5.41) is 7.65. The highest BCUT2D eigenvalue weighted by Gasteiger charge is 1.81. The lowest BCUT2D eigenvalue weighted by Crippen LogP contribution is -1.95. The van der Waals surface area contributed by atoms with Crippen LogP contribution in [-0.4, -0.2) is 23.4 Å². The van der Waals surface area contributed by atoms with E-state index in [1.54, 1.807) is 0 Å². The van der Waals surface area contributed by atoms with Crippen molar-refractivity contribution >= 4 is 18.6 Å². The van der Waals surface area contributed by atoms with Crippen molar-refractivity contribution in [2.75, 3.05) is 12.3 Å². The molecule has 0 bridgehead atoms. The molecule has 0 saturated carbocycles. The van der Waals surface area contributed by atoms with Crippen molar-refractivity contribution in [2.24, 2.45) is 5.73 Å². The van der Waals surface area contributed by atoms with E-state index in [9.17, 15) is 4.79 Å². The number of hydrogen-bond donors (Lipinski definition) is 3. The van der Waals surface area contributed by atoms with Crippen LogP contribution in [-0.2, 0) is 4.79 Å². The quantitative estimate of drug-likeness (QED) is 0.541. The van der Waals surface area contributed by atoms with E-state index >= 15 is 0 Å². The second kappa shape index (κ2) is 11.6. The molecule has 0 fully saturated rings. The number of unbranched alkanes of at least 4 members (excludes halogenated alkanes) is 1. The van der Waals surface area contributed by atoms with Crippen LogP contribution in [0.3, 0.4) is 0 Å². The SMILES string of the molecule is CCCCN.O=C(O)CS. The molecule has 0 aromatic rings. The van der Waals surface area contributed by atoms with Crippen LogP contribution in [0.4, 0.5) is 0 Å². The van der Waals surface area contributed by atoms with Crippen LogP contribution in [0.2, 0.25) is 0 Å². The zero-order valence-electron chi connectivity index (χ0n) is 6.21. The molecule has 3 N–H and O–H groups in total. The van der Waals surface area contributed by atoms with E-state index in [1.165, 1.54) is 12.8 Å². The van der Waals surface area contributed by atoms with Gasteiger partial charge in [-0.15, -0.1) is 0 Å². The normalized spacial score (nSPS) is 7.90. The molecule has 0 radical (unpaired) electrons. The molecule has 0 aromatic carbocycles. The highest BCUT2D eigenvalue weighted by molar-refractivity contribution is 7.81. The van der Waals surface area contributed by atoms with Gasteiger partial charge in [0.15, 0.2) is 0 Å². The van der Waals surface area contributed by atoms with Gasteiger partial charge in [0.2, 0.25) is 0 Å². The molecule has 0 aliphatic heterocycles. The predicted molar refractivity (Wildman–Crippen MR) is 45.5 cm³/mol. The van der Waals surface area contributed by atoms with Gasteiger partial charge >= 0.3 is 5.97 Å². The number of nitrogens with two attached hydrogens (primary N) is 1. The maximum absolute atomic E-state index is 9.29. The van der Waals surface area contributed by atoms with Gasteiger partial charge in [0, 0.05) is 0 Å². The first kappa shape index (κ1) is 12.5.